The Kier molecular flexibility index (Phi) is 3.30. The Bertz CT molecular complexity index is 532. The maximum absolute atomic E-state index is 12.2. The minimum Gasteiger partial charge on any atom is -0.325 e. The molecule has 0 bridgehead atoms. The number of aryl methyl sites for hydroxylation is 1. The Labute approximate surface area is 100 Å². The van der Waals surface area contributed by atoms with Crippen molar-refractivity contribution >= 4 is 5.78 Å². The zero-order valence-corrected chi connectivity index (χ0v) is 9.68. The van der Waals surface area contributed by atoms with Crippen LogP contribution in [-0.4, -0.2) is 10.8 Å². The van der Waals surface area contributed by atoms with Crippen LogP contribution < -0.4 is 5.73 Å². The average Bonchev–Trinajstić information content (AvgIpc) is 2.39. The summed E-state index contributed by atoms with van der Waals surface area (Å²) in [5, 5.41) is 0. The molecule has 0 atom stereocenters. The van der Waals surface area contributed by atoms with Crippen molar-refractivity contribution < 1.29 is 4.79 Å². The lowest BCUT2D eigenvalue weighted by atomic mass is 10.0. The van der Waals surface area contributed by atoms with Crippen LogP contribution in [0.2, 0.25) is 0 Å². The zero-order valence-electron chi connectivity index (χ0n) is 9.68. The van der Waals surface area contributed by atoms with E-state index in [1.54, 1.807) is 18.3 Å². The van der Waals surface area contributed by atoms with E-state index >= 15 is 0 Å². The molecule has 0 saturated carbocycles. The number of nitrogens with zero attached hydrogens (tertiary/aromatic N) is 1. The highest BCUT2D eigenvalue weighted by Crippen LogP contribution is 2.11. The average molecular weight is 226 g/mol. The van der Waals surface area contributed by atoms with Crippen LogP contribution in [0.25, 0.3) is 0 Å². The summed E-state index contributed by atoms with van der Waals surface area (Å²) in [6.45, 7) is 2.34. The molecule has 0 fully saturated rings. The van der Waals surface area contributed by atoms with Crippen LogP contribution in [0.1, 0.15) is 27.2 Å². The molecule has 0 radical (unpaired) electrons. The second-order valence-corrected chi connectivity index (χ2v) is 3.94. The Morgan fingerprint density at radius 3 is 2.53 bits per heavy atom. The Morgan fingerprint density at radius 2 is 1.88 bits per heavy atom. The Balaban J connectivity index is 2.33. The minimum atomic E-state index is 0.00194. The van der Waals surface area contributed by atoms with E-state index in [2.05, 4.69) is 4.98 Å². The highest BCUT2D eigenvalue weighted by molar-refractivity contribution is 6.08. The van der Waals surface area contributed by atoms with Gasteiger partial charge in [-0.25, -0.2) is 0 Å². The summed E-state index contributed by atoms with van der Waals surface area (Å²) >= 11 is 0. The number of hydrogen-bond acceptors (Lipinski definition) is 3. The highest BCUT2D eigenvalue weighted by atomic mass is 16.1. The van der Waals surface area contributed by atoms with Crippen molar-refractivity contribution in [2.45, 2.75) is 13.5 Å². The van der Waals surface area contributed by atoms with Gasteiger partial charge >= 0.3 is 0 Å². The molecular formula is C14H14N2O. The molecule has 1 aromatic heterocycles. The first-order chi connectivity index (χ1) is 8.20. The molecule has 17 heavy (non-hydrogen) atoms. The molecule has 2 aromatic rings. The van der Waals surface area contributed by atoms with Crippen molar-refractivity contribution in [3.63, 3.8) is 0 Å². The fourth-order valence-corrected chi connectivity index (χ4v) is 1.60. The number of ketones is 1. The molecule has 3 heteroatoms. The van der Waals surface area contributed by atoms with Crippen LogP contribution in [0.4, 0.5) is 0 Å². The van der Waals surface area contributed by atoms with Gasteiger partial charge in [0.05, 0.1) is 5.69 Å². The van der Waals surface area contributed by atoms with E-state index in [1.807, 2.05) is 31.2 Å². The van der Waals surface area contributed by atoms with Gasteiger partial charge in [-0.05, 0) is 19.1 Å². The molecule has 0 aliphatic carbocycles. The van der Waals surface area contributed by atoms with E-state index in [-0.39, 0.29) is 5.78 Å². The summed E-state index contributed by atoms with van der Waals surface area (Å²) in [7, 11) is 0. The second-order valence-electron chi connectivity index (χ2n) is 3.94. The SMILES string of the molecule is Cc1ccc(C(=O)c2ccnc(CN)c2)cc1. The lowest BCUT2D eigenvalue weighted by molar-refractivity contribution is 0.103. The standard InChI is InChI=1S/C14H14N2O/c1-10-2-4-11(5-3-10)14(17)12-6-7-16-13(8-12)9-15/h2-8H,9,15H2,1H3. The number of carbonyl (C=O) groups excluding carboxylic acids is 1. The number of aromatic nitrogens is 1. The fourth-order valence-electron chi connectivity index (χ4n) is 1.60. The third-order valence-electron chi connectivity index (χ3n) is 2.60. The van der Waals surface area contributed by atoms with Gasteiger partial charge in [-0.15, -0.1) is 0 Å². The van der Waals surface area contributed by atoms with Crippen LogP contribution in [0, 0.1) is 6.92 Å². The second kappa shape index (κ2) is 4.89. The summed E-state index contributed by atoms with van der Waals surface area (Å²) in [4.78, 5) is 16.2. The Hall–Kier alpha value is -2.00. The van der Waals surface area contributed by atoms with Crippen LogP contribution in [-0.2, 0) is 6.54 Å². The van der Waals surface area contributed by atoms with Crippen molar-refractivity contribution in [2.24, 2.45) is 5.73 Å². The molecule has 0 saturated heterocycles. The number of benzene rings is 1. The molecule has 2 N–H and O–H groups in total. The molecule has 2 rings (SSSR count). The van der Waals surface area contributed by atoms with Gasteiger partial charge in [-0.2, -0.15) is 0 Å². The quantitative estimate of drug-likeness (QED) is 0.815. The van der Waals surface area contributed by atoms with Crippen LogP contribution >= 0.6 is 0 Å². The van der Waals surface area contributed by atoms with Gasteiger partial charge in [-0.1, -0.05) is 29.8 Å². The lowest BCUT2D eigenvalue weighted by Gasteiger charge is -2.03. The van der Waals surface area contributed by atoms with Crippen LogP contribution in [0.3, 0.4) is 0 Å². The first kappa shape index (κ1) is 11.5. The van der Waals surface area contributed by atoms with E-state index in [9.17, 15) is 4.79 Å². The number of rotatable bonds is 3. The molecule has 1 heterocycles. The van der Waals surface area contributed by atoms with Crippen molar-refractivity contribution in [3.8, 4) is 0 Å². The van der Waals surface area contributed by atoms with Gasteiger partial charge in [0.2, 0.25) is 0 Å². The molecule has 86 valence electrons. The monoisotopic (exact) mass is 226 g/mol. The van der Waals surface area contributed by atoms with E-state index < -0.39 is 0 Å². The number of hydrogen-bond donors (Lipinski definition) is 1. The maximum atomic E-state index is 12.2. The van der Waals surface area contributed by atoms with Crippen molar-refractivity contribution in [1.29, 1.82) is 0 Å². The molecule has 0 aliphatic heterocycles. The highest BCUT2D eigenvalue weighted by Gasteiger charge is 2.09. The van der Waals surface area contributed by atoms with Gasteiger partial charge < -0.3 is 5.73 Å². The van der Waals surface area contributed by atoms with E-state index in [4.69, 9.17) is 5.73 Å². The summed E-state index contributed by atoms with van der Waals surface area (Å²) in [6, 6.07) is 11.0. The smallest absolute Gasteiger partial charge is 0.193 e. The fraction of sp³-hybridized carbons (Fsp3) is 0.143. The van der Waals surface area contributed by atoms with Gasteiger partial charge in [0.1, 0.15) is 0 Å². The lowest BCUT2D eigenvalue weighted by Crippen LogP contribution is -2.05. The van der Waals surface area contributed by atoms with Crippen molar-refractivity contribution in [2.75, 3.05) is 0 Å². The third kappa shape index (κ3) is 2.57. The van der Waals surface area contributed by atoms with E-state index in [1.165, 1.54) is 0 Å². The normalized spacial score (nSPS) is 10.2. The summed E-state index contributed by atoms with van der Waals surface area (Å²) < 4.78 is 0. The summed E-state index contributed by atoms with van der Waals surface area (Å²) in [5.41, 5.74) is 8.68. The molecule has 1 aromatic carbocycles. The molecule has 0 aliphatic rings. The van der Waals surface area contributed by atoms with Crippen LogP contribution in [0.5, 0.6) is 0 Å². The predicted octanol–water partition coefficient (Wildman–Crippen LogP) is 2.08. The van der Waals surface area contributed by atoms with Crippen molar-refractivity contribution in [3.05, 3.63) is 65.0 Å². The van der Waals surface area contributed by atoms with Crippen molar-refractivity contribution in [1.82, 2.24) is 4.98 Å². The van der Waals surface area contributed by atoms with Gasteiger partial charge in [0.15, 0.2) is 5.78 Å². The maximum Gasteiger partial charge on any atom is 0.193 e. The topological polar surface area (TPSA) is 56.0 Å². The first-order valence-corrected chi connectivity index (χ1v) is 5.47. The summed E-state index contributed by atoms with van der Waals surface area (Å²) in [5.74, 6) is 0.00194. The summed E-state index contributed by atoms with van der Waals surface area (Å²) in [6.07, 6.45) is 1.61. The molecule has 0 spiro atoms. The number of nitrogens with two attached hydrogens (primary N) is 1. The number of carbonyl (C=O) groups is 1. The first-order valence-electron chi connectivity index (χ1n) is 5.47. The van der Waals surface area contributed by atoms with E-state index in [0.717, 1.165) is 11.3 Å². The largest absolute Gasteiger partial charge is 0.325 e. The van der Waals surface area contributed by atoms with Gasteiger partial charge in [-0.3, -0.25) is 9.78 Å². The number of pyridine rings is 1. The third-order valence-corrected chi connectivity index (χ3v) is 2.60. The predicted molar refractivity (Wildman–Crippen MR) is 66.7 cm³/mol. The Morgan fingerprint density at radius 1 is 1.18 bits per heavy atom. The van der Waals surface area contributed by atoms with Gasteiger partial charge in [0, 0.05) is 23.9 Å². The van der Waals surface area contributed by atoms with E-state index in [0.29, 0.717) is 17.7 Å². The zero-order chi connectivity index (χ0) is 12.3. The molecule has 3 nitrogen and oxygen atoms in total. The minimum absolute atomic E-state index is 0.00194. The molecule has 0 unspecified atom stereocenters. The van der Waals surface area contributed by atoms with Gasteiger partial charge in [0.25, 0.3) is 0 Å². The molecule has 0 amide bonds. The van der Waals surface area contributed by atoms with Crippen LogP contribution in [0.15, 0.2) is 42.6 Å². The molecular weight excluding hydrogens is 212 g/mol.